The first-order chi connectivity index (χ1) is 15.2. The standard InChI is InChI=1S/C23H19N3O3S2/c1-2-29-23(28)16-9-6-10-17(11-16)26-19(27)13-31-22-20-18(15-7-4-3-5-8-15)12-30-21(20)24-14-25-22/h3-12,14H,2,13H2,1H3,(H,26,27). The molecular weight excluding hydrogens is 430 g/mol. The van der Waals surface area contributed by atoms with Crippen molar-refractivity contribution < 1.29 is 14.3 Å². The van der Waals surface area contributed by atoms with Crippen LogP contribution in [-0.4, -0.2) is 34.2 Å². The molecule has 1 N–H and O–H groups in total. The average molecular weight is 450 g/mol. The maximum absolute atomic E-state index is 12.5. The lowest BCUT2D eigenvalue weighted by Gasteiger charge is -2.08. The molecule has 0 aliphatic rings. The Morgan fingerprint density at radius 3 is 2.74 bits per heavy atom. The van der Waals surface area contributed by atoms with Gasteiger partial charge in [-0.05, 0) is 30.7 Å². The Kier molecular flexibility index (Phi) is 6.59. The van der Waals surface area contributed by atoms with E-state index in [1.165, 1.54) is 18.1 Å². The second kappa shape index (κ2) is 9.72. The maximum Gasteiger partial charge on any atom is 0.338 e. The highest BCUT2D eigenvalue weighted by Gasteiger charge is 2.15. The minimum absolute atomic E-state index is 0.180. The van der Waals surface area contributed by atoms with E-state index in [1.54, 1.807) is 42.5 Å². The van der Waals surface area contributed by atoms with Gasteiger partial charge in [0.1, 0.15) is 16.2 Å². The number of hydrogen-bond acceptors (Lipinski definition) is 7. The van der Waals surface area contributed by atoms with E-state index in [-0.39, 0.29) is 11.7 Å². The molecule has 4 rings (SSSR count). The van der Waals surface area contributed by atoms with Crippen molar-refractivity contribution in [2.45, 2.75) is 11.9 Å². The SMILES string of the molecule is CCOC(=O)c1cccc(NC(=O)CSc2ncnc3scc(-c4ccccc4)c23)c1. The van der Waals surface area contributed by atoms with E-state index >= 15 is 0 Å². The second-order valence-corrected chi connectivity index (χ2v) is 8.33. The van der Waals surface area contributed by atoms with Gasteiger partial charge in [-0.2, -0.15) is 0 Å². The van der Waals surface area contributed by atoms with Gasteiger partial charge in [0.2, 0.25) is 5.91 Å². The number of anilines is 1. The van der Waals surface area contributed by atoms with E-state index in [9.17, 15) is 9.59 Å². The number of thiophene rings is 1. The summed E-state index contributed by atoms with van der Waals surface area (Å²) in [4.78, 5) is 34.1. The Bertz CT molecular complexity index is 1230. The summed E-state index contributed by atoms with van der Waals surface area (Å²) < 4.78 is 5.01. The third kappa shape index (κ3) is 4.92. The minimum atomic E-state index is -0.415. The summed E-state index contributed by atoms with van der Waals surface area (Å²) in [5, 5.41) is 6.62. The average Bonchev–Trinajstić information content (AvgIpc) is 3.23. The number of fused-ring (bicyclic) bond motifs is 1. The molecule has 1 amide bonds. The van der Waals surface area contributed by atoms with Crippen LogP contribution in [0.1, 0.15) is 17.3 Å². The van der Waals surface area contributed by atoms with E-state index in [1.807, 2.05) is 30.3 Å². The Hall–Kier alpha value is -3.23. The first-order valence-corrected chi connectivity index (χ1v) is 11.5. The van der Waals surface area contributed by atoms with Crippen molar-refractivity contribution in [2.24, 2.45) is 0 Å². The van der Waals surface area contributed by atoms with Crippen LogP contribution in [0.3, 0.4) is 0 Å². The van der Waals surface area contributed by atoms with Gasteiger partial charge in [-0.3, -0.25) is 4.79 Å². The number of hydrogen-bond donors (Lipinski definition) is 1. The third-order valence-corrected chi connectivity index (χ3v) is 6.29. The largest absolute Gasteiger partial charge is 0.462 e. The van der Waals surface area contributed by atoms with Crippen LogP contribution in [0.5, 0.6) is 0 Å². The van der Waals surface area contributed by atoms with E-state index < -0.39 is 5.97 Å². The number of thioether (sulfide) groups is 1. The van der Waals surface area contributed by atoms with Gasteiger partial charge >= 0.3 is 5.97 Å². The van der Waals surface area contributed by atoms with Gasteiger partial charge in [-0.15, -0.1) is 11.3 Å². The number of carbonyl (C=O) groups excluding carboxylic acids is 2. The smallest absolute Gasteiger partial charge is 0.338 e. The van der Waals surface area contributed by atoms with E-state index in [0.717, 1.165) is 26.4 Å². The molecule has 2 heterocycles. The van der Waals surface area contributed by atoms with Crippen LogP contribution in [0.15, 0.2) is 71.3 Å². The Morgan fingerprint density at radius 2 is 1.94 bits per heavy atom. The number of ether oxygens (including phenoxy) is 1. The molecule has 0 spiro atoms. The normalized spacial score (nSPS) is 10.7. The molecule has 156 valence electrons. The number of amides is 1. The predicted molar refractivity (Wildman–Crippen MR) is 125 cm³/mol. The summed E-state index contributed by atoms with van der Waals surface area (Å²) in [6.45, 7) is 2.05. The number of rotatable bonds is 7. The van der Waals surface area contributed by atoms with Crippen LogP contribution in [0, 0.1) is 0 Å². The summed E-state index contributed by atoms with van der Waals surface area (Å²) in [7, 11) is 0. The van der Waals surface area contributed by atoms with Crippen LogP contribution >= 0.6 is 23.1 Å². The van der Waals surface area contributed by atoms with Crippen molar-refractivity contribution in [3.63, 3.8) is 0 Å². The van der Waals surface area contributed by atoms with Crippen LogP contribution < -0.4 is 5.32 Å². The molecule has 2 aromatic carbocycles. The van der Waals surface area contributed by atoms with Crippen molar-refractivity contribution in [1.82, 2.24) is 9.97 Å². The summed E-state index contributed by atoms with van der Waals surface area (Å²) in [6.07, 6.45) is 1.52. The lowest BCUT2D eigenvalue weighted by atomic mass is 10.1. The van der Waals surface area contributed by atoms with Crippen molar-refractivity contribution in [2.75, 3.05) is 17.7 Å². The zero-order valence-corrected chi connectivity index (χ0v) is 18.3. The molecular formula is C23H19N3O3S2. The fraction of sp³-hybridized carbons (Fsp3) is 0.130. The summed E-state index contributed by atoms with van der Waals surface area (Å²) in [6, 6.07) is 16.8. The molecule has 0 atom stereocenters. The van der Waals surface area contributed by atoms with Crippen molar-refractivity contribution >= 4 is 50.9 Å². The van der Waals surface area contributed by atoms with Crippen LogP contribution in [0.25, 0.3) is 21.3 Å². The number of benzene rings is 2. The van der Waals surface area contributed by atoms with Gasteiger partial charge < -0.3 is 10.1 Å². The van der Waals surface area contributed by atoms with Crippen LogP contribution in [0.4, 0.5) is 5.69 Å². The molecule has 0 unspecified atom stereocenters. The topological polar surface area (TPSA) is 81.2 Å². The zero-order chi connectivity index (χ0) is 21.6. The number of nitrogens with one attached hydrogen (secondary N) is 1. The molecule has 0 fully saturated rings. The highest BCUT2D eigenvalue weighted by atomic mass is 32.2. The highest BCUT2D eigenvalue weighted by Crippen LogP contribution is 2.37. The fourth-order valence-electron chi connectivity index (χ4n) is 3.06. The van der Waals surface area contributed by atoms with Gasteiger partial charge in [-0.25, -0.2) is 14.8 Å². The van der Waals surface area contributed by atoms with Gasteiger partial charge in [0.25, 0.3) is 0 Å². The molecule has 0 radical (unpaired) electrons. The number of aromatic nitrogens is 2. The molecule has 31 heavy (non-hydrogen) atoms. The van der Waals surface area contributed by atoms with Gasteiger partial charge in [0.15, 0.2) is 0 Å². The quantitative estimate of drug-likeness (QED) is 0.235. The summed E-state index contributed by atoms with van der Waals surface area (Å²) >= 11 is 2.92. The van der Waals surface area contributed by atoms with Gasteiger partial charge in [0, 0.05) is 16.6 Å². The number of nitrogens with zero attached hydrogens (tertiary/aromatic N) is 2. The molecule has 0 saturated heterocycles. The second-order valence-electron chi connectivity index (χ2n) is 6.51. The third-order valence-electron chi connectivity index (χ3n) is 4.42. The number of carbonyl (C=O) groups is 2. The van der Waals surface area contributed by atoms with Gasteiger partial charge in [-0.1, -0.05) is 48.2 Å². The van der Waals surface area contributed by atoms with E-state index in [2.05, 4.69) is 20.7 Å². The molecule has 0 saturated carbocycles. The van der Waals surface area contributed by atoms with Crippen molar-refractivity contribution in [3.8, 4) is 11.1 Å². The minimum Gasteiger partial charge on any atom is -0.462 e. The molecule has 0 bridgehead atoms. The molecule has 0 aliphatic carbocycles. The Balaban J connectivity index is 1.49. The van der Waals surface area contributed by atoms with Crippen molar-refractivity contribution in [3.05, 3.63) is 71.9 Å². The molecule has 2 aromatic heterocycles. The molecule has 0 aliphatic heterocycles. The Labute approximate surface area is 187 Å². The van der Waals surface area contributed by atoms with Crippen molar-refractivity contribution in [1.29, 1.82) is 0 Å². The molecule has 8 heteroatoms. The van der Waals surface area contributed by atoms with Crippen LogP contribution in [0.2, 0.25) is 0 Å². The first-order valence-electron chi connectivity index (χ1n) is 9.63. The van der Waals surface area contributed by atoms with E-state index in [4.69, 9.17) is 4.74 Å². The van der Waals surface area contributed by atoms with Gasteiger partial charge in [0.05, 0.1) is 23.3 Å². The van der Waals surface area contributed by atoms with E-state index in [0.29, 0.717) is 17.9 Å². The lowest BCUT2D eigenvalue weighted by Crippen LogP contribution is -2.15. The lowest BCUT2D eigenvalue weighted by molar-refractivity contribution is -0.113. The predicted octanol–water partition coefficient (Wildman–Crippen LogP) is 5.27. The highest BCUT2D eigenvalue weighted by molar-refractivity contribution is 8.00. The summed E-state index contributed by atoms with van der Waals surface area (Å²) in [5.41, 5.74) is 3.09. The fourth-order valence-corrected chi connectivity index (χ4v) is 4.85. The monoisotopic (exact) mass is 449 g/mol. The zero-order valence-electron chi connectivity index (χ0n) is 16.7. The molecule has 6 nitrogen and oxygen atoms in total. The summed E-state index contributed by atoms with van der Waals surface area (Å²) in [5.74, 6) is -0.420. The number of esters is 1. The van der Waals surface area contributed by atoms with Crippen LogP contribution in [-0.2, 0) is 9.53 Å². The maximum atomic E-state index is 12.5. The molecule has 4 aromatic rings. The Morgan fingerprint density at radius 1 is 1.10 bits per heavy atom. The first kappa shape index (κ1) is 21.0.